The van der Waals surface area contributed by atoms with Crippen molar-refractivity contribution in [1.82, 2.24) is 70.4 Å². The van der Waals surface area contributed by atoms with Crippen LogP contribution >= 0.6 is 12.4 Å². The molecular weight excluding hydrogens is 1620 g/mol. The van der Waals surface area contributed by atoms with Gasteiger partial charge in [0.15, 0.2) is 23.3 Å². The van der Waals surface area contributed by atoms with Crippen molar-refractivity contribution in [3.63, 3.8) is 0 Å². The first-order valence-corrected chi connectivity index (χ1v) is 38.5. The summed E-state index contributed by atoms with van der Waals surface area (Å²) in [7, 11) is 0. The van der Waals surface area contributed by atoms with Crippen LogP contribution in [0.5, 0.6) is 0 Å². The van der Waals surface area contributed by atoms with Gasteiger partial charge in [-0.15, -0.1) is 32.8 Å². The third-order valence-corrected chi connectivity index (χ3v) is 21.9. The second-order valence-corrected chi connectivity index (χ2v) is 31.4. The Labute approximate surface area is 700 Å². The molecule has 6 aliphatic heterocycles. The largest absolute Gasteiger partial charge is 1.00 e. The van der Waals surface area contributed by atoms with Gasteiger partial charge in [0.1, 0.15) is 71.1 Å². The summed E-state index contributed by atoms with van der Waals surface area (Å²) in [5.74, 6) is -18.4. The predicted molar refractivity (Wildman–Crippen MR) is 389 cm³/mol. The Kier molecular flexibility index (Phi) is 35.6. The SMILES string of the molecule is CC(C)C(N)C(=O)N1CCCC1C(=O)NC(C(=O)N1CCCC1C(=O)NC(CC(=O)C1CCn2c(nnc2C(F)(F)F)C1)Cc1cc(F)c(F)cc1F)C(C)C.CC(C)C(N)C(=O)N1CCCC1C(=O)NC(C(=O)N1CCCC1C(=O)NC(CC(=O)C1CCn2c(nnc2C(F)(F)F)C1)Cc1cc(F)c(F)cc1F)C(C)C.Cl.O=CO[O-].[Na+]. The third kappa shape index (κ3) is 24.2. The molecule has 4 fully saturated rings. The molecule has 43 heteroatoms. The van der Waals surface area contributed by atoms with Gasteiger partial charge in [0.2, 0.25) is 58.9 Å². The molecule has 8 N–H and O–H groups in total. The summed E-state index contributed by atoms with van der Waals surface area (Å²) in [6.45, 7) is 14.5. The second-order valence-electron chi connectivity index (χ2n) is 31.4. The minimum absolute atomic E-state index is 0. The maximum atomic E-state index is 14.8. The molecule has 0 spiro atoms. The van der Waals surface area contributed by atoms with Gasteiger partial charge in [-0.05, 0) is 124 Å². The van der Waals surface area contributed by atoms with E-state index < -0.39 is 216 Å². The molecule has 648 valence electrons. The molecule has 2 aromatic heterocycles. The van der Waals surface area contributed by atoms with E-state index in [0.29, 0.717) is 75.9 Å². The number of nitrogens with two attached hydrogens (primary N) is 2. The molecule has 8 amide bonds. The quantitative estimate of drug-likeness (QED) is 0.0124. The van der Waals surface area contributed by atoms with Gasteiger partial charge in [-0.25, -0.2) is 26.3 Å². The van der Waals surface area contributed by atoms with E-state index in [-0.39, 0.29) is 160 Å². The molecule has 4 aromatic rings. The molecule has 8 heterocycles. The Morgan fingerprint density at radius 3 is 1.03 bits per heavy atom. The van der Waals surface area contributed by atoms with Crippen LogP contribution in [-0.4, -0.2) is 201 Å². The van der Waals surface area contributed by atoms with Crippen LogP contribution in [0.25, 0.3) is 0 Å². The topological polar surface area (TPSA) is 395 Å². The van der Waals surface area contributed by atoms with E-state index in [2.05, 4.69) is 46.5 Å². The first-order chi connectivity index (χ1) is 54.5. The molecule has 0 bridgehead atoms. The van der Waals surface area contributed by atoms with Gasteiger partial charge in [-0.1, -0.05) is 55.4 Å². The maximum Gasteiger partial charge on any atom is 1.00 e. The molecule has 0 aliphatic carbocycles. The predicted octanol–water partition coefficient (Wildman–Crippen LogP) is 2.00. The van der Waals surface area contributed by atoms with E-state index in [4.69, 9.17) is 21.5 Å². The summed E-state index contributed by atoms with van der Waals surface area (Å²) in [6, 6.07) is -8.04. The zero-order chi connectivity index (χ0) is 85.9. The number of hydrogen-bond donors (Lipinski definition) is 6. The Balaban J connectivity index is 0.000000345. The van der Waals surface area contributed by atoms with Gasteiger partial charge in [0.05, 0.1) is 12.1 Å². The van der Waals surface area contributed by atoms with Crippen molar-refractivity contribution in [2.45, 2.75) is 244 Å². The van der Waals surface area contributed by atoms with E-state index in [1.165, 1.54) is 19.6 Å². The van der Waals surface area contributed by atoms with Crippen molar-refractivity contribution in [2.75, 3.05) is 26.2 Å². The average Bonchev–Trinajstić information content (AvgIpc) is 1.63. The number of likely N-dealkylation sites (tertiary alicyclic amines) is 4. The smallest absolute Gasteiger partial charge is 0.662 e. The van der Waals surface area contributed by atoms with Crippen molar-refractivity contribution in [2.24, 2.45) is 47.0 Å². The zero-order valence-corrected chi connectivity index (χ0v) is 69.4. The number of ketones is 2. The van der Waals surface area contributed by atoms with Gasteiger partial charge >= 0.3 is 41.9 Å². The van der Waals surface area contributed by atoms with Gasteiger partial charge < -0.3 is 71.6 Å². The number of nitrogens with one attached hydrogen (secondary N) is 4. The number of amides is 8. The van der Waals surface area contributed by atoms with Gasteiger partial charge in [-0.3, -0.25) is 52.7 Å². The van der Waals surface area contributed by atoms with Crippen LogP contribution in [0.4, 0.5) is 52.7 Å². The maximum absolute atomic E-state index is 14.8. The molecule has 6 aliphatic rings. The number of fused-ring (bicyclic) bond motifs is 2. The fourth-order valence-electron chi connectivity index (χ4n) is 15.4. The van der Waals surface area contributed by atoms with Crippen LogP contribution < -0.4 is 67.5 Å². The van der Waals surface area contributed by atoms with Crippen LogP contribution in [0.2, 0.25) is 0 Å². The molecule has 0 radical (unpaired) electrons. The fourth-order valence-corrected chi connectivity index (χ4v) is 15.4. The van der Waals surface area contributed by atoms with E-state index in [9.17, 15) is 101 Å². The molecular formula is C75H98ClF12N16NaO13. The molecule has 0 saturated carbocycles. The number of aromatic nitrogens is 6. The molecule has 4 saturated heterocycles. The van der Waals surface area contributed by atoms with Crippen molar-refractivity contribution < 1.29 is 145 Å². The Hall–Kier alpha value is -8.38. The van der Waals surface area contributed by atoms with Crippen molar-refractivity contribution >= 4 is 77.7 Å². The molecule has 29 nitrogen and oxygen atoms in total. The fraction of sp³-hybridized carbons (Fsp3) is 0.640. The van der Waals surface area contributed by atoms with E-state index in [1.54, 1.807) is 55.4 Å². The van der Waals surface area contributed by atoms with Gasteiger partial charge in [0.25, 0.3) is 6.47 Å². The van der Waals surface area contributed by atoms with E-state index in [0.717, 1.165) is 9.13 Å². The van der Waals surface area contributed by atoms with Crippen molar-refractivity contribution in [1.29, 1.82) is 0 Å². The molecule has 12 unspecified atom stereocenters. The van der Waals surface area contributed by atoms with Crippen LogP contribution in [-0.2, 0) is 109 Å². The number of Topliss-reactive ketones (excluding diaryl/α,β-unsaturated/α-hetero) is 2. The number of benzene rings is 2. The van der Waals surface area contributed by atoms with Crippen molar-refractivity contribution in [3.8, 4) is 0 Å². The van der Waals surface area contributed by atoms with Crippen LogP contribution in [0.1, 0.15) is 167 Å². The summed E-state index contributed by atoms with van der Waals surface area (Å²) >= 11 is 0. The Morgan fingerprint density at radius 2 is 0.746 bits per heavy atom. The summed E-state index contributed by atoms with van der Waals surface area (Å²) < 4.78 is 168. The van der Waals surface area contributed by atoms with Crippen LogP contribution in [0.3, 0.4) is 0 Å². The zero-order valence-electron chi connectivity index (χ0n) is 66.6. The number of rotatable bonds is 27. The number of carbonyl (C=O) groups excluding carboxylic acids is 11. The molecule has 118 heavy (non-hydrogen) atoms. The normalized spacial score (nSPS) is 20.6. The van der Waals surface area contributed by atoms with Crippen LogP contribution in [0.15, 0.2) is 24.3 Å². The van der Waals surface area contributed by atoms with Crippen LogP contribution in [0, 0.1) is 70.4 Å². The Morgan fingerprint density at radius 1 is 0.458 bits per heavy atom. The number of hydrogen-bond acceptors (Lipinski definition) is 19. The van der Waals surface area contributed by atoms with E-state index in [1.807, 2.05) is 0 Å². The first-order valence-electron chi connectivity index (χ1n) is 38.5. The summed E-state index contributed by atoms with van der Waals surface area (Å²) in [4.78, 5) is 153. The monoisotopic (exact) mass is 1720 g/mol. The number of alkyl halides is 6. The Bertz CT molecular complexity index is 4000. The summed E-state index contributed by atoms with van der Waals surface area (Å²) in [6.07, 6.45) is -8.53. The molecule has 12 atom stereocenters. The molecule has 2 aromatic carbocycles. The number of nitrogens with zero attached hydrogens (tertiary/aromatic N) is 10. The summed E-state index contributed by atoms with van der Waals surface area (Å²) in [5.41, 5.74) is 11.5. The number of halogens is 13. The first kappa shape index (κ1) is 98.4. The average molecular weight is 1720 g/mol. The minimum atomic E-state index is -4.75. The van der Waals surface area contributed by atoms with E-state index >= 15 is 0 Å². The minimum Gasteiger partial charge on any atom is -0.662 e. The molecule has 10 rings (SSSR count). The standard InChI is InChI=1S/2C37H48F6N8O5.CH2O3.ClH.Na/c2*1-18(2)30(44)34(55)49-10-5-8-27(49)33(54)46-31(19(3)4)35(56)50-11-6-7-26(50)32(53)45-22(13-21-14-24(39)25(40)17-23(21)38)16-28(52)20-9-12-51-29(15-20)47-48-36(51)37(41,42)43;2-1-4-3;;/h2*14,17-20,22,26-27,30-31H,5-13,15-16,44H2,1-4H3,(H,45,53)(H,46,54);1,3H;1H;/q;;;;+1/p-1. The van der Waals surface area contributed by atoms with Gasteiger partial charge in [-0.2, -0.15) is 26.3 Å². The second kappa shape index (κ2) is 42.7. The number of carbonyl (C=O) groups is 11. The summed E-state index contributed by atoms with van der Waals surface area (Å²) in [5, 5.41) is 33.1. The third-order valence-electron chi connectivity index (χ3n) is 21.9. The van der Waals surface area contributed by atoms with Crippen molar-refractivity contribution in [3.05, 3.63) is 93.6 Å². The van der Waals surface area contributed by atoms with Gasteiger partial charge in [0, 0.05) is 101 Å².